The Hall–Kier alpha value is -1.25. The molecular formula is C13H10Cl2O2. The van der Waals surface area contributed by atoms with Crippen molar-refractivity contribution in [1.82, 2.24) is 0 Å². The third-order valence-electron chi connectivity index (χ3n) is 2.45. The van der Waals surface area contributed by atoms with E-state index in [1.54, 1.807) is 19.1 Å². The lowest BCUT2D eigenvalue weighted by Crippen LogP contribution is -2.18. The molecule has 0 aliphatic heterocycles. The second-order valence-electron chi connectivity index (χ2n) is 3.66. The molecule has 0 radical (unpaired) electrons. The van der Waals surface area contributed by atoms with Gasteiger partial charge in [-0.1, -0.05) is 35.9 Å². The van der Waals surface area contributed by atoms with Gasteiger partial charge in [0.25, 0.3) is 5.24 Å². The molecule has 0 N–H and O–H groups in total. The van der Waals surface area contributed by atoms with Gasteiger partial charge in [-0.2, -0.15) is 0 Å². The zero-order valence-electron chi connectivity index (χ0n) is 9.11. The van der Waals surface area contributed by atoms with Gasteiger partial charge in [0.1, 0.15) is 5.75 Å². The van der Waals surface area contributed by atoms with Crippen LogP contribution in [-0.4, -0.2) is 11.3 Å². The highest BCUT2D eigenvalue weighted by molar-refractivity contribution is 6.64. The number of rotatable bonds is 3. The van der Waals surface area contributed by atoms with Gasteiger partial charge >= 0.3 is 0 Å². The van der Waals surface area contributed by atoms with Crippen molar-refractivity contribution < 1.29 is 9.53 Å². The maximum atomic E-state index is 11.0. The minimum Gasteiger partial charge on any atom is -0.481 e. The summed E-state index contributed by atoms with van der Waals surface area (Å²) in [6.45, 7) is 1.61. The molecule has 1 atom stereocenters. The van der Waals surface area contributed by atoms with Crippen LogP contribution in [0.2, 0.25) is 5.02 Å². The highest BCUT2D eigenvalue weighted by Crippen LogP contribution is 2.31. The van der Waals surface area contributed by atoms with E-state index >= 15 is 0 Å². The van der Waals surface area contributed by atoms with E-state index in [1.807, 2.05) is 24.3 Å². The Morgan fingerprint density at radius 1 is 1.18 bits per heavy atom. The van der Waals surface area contributed by atoms with E-state index in [1.165, 1.54) is 0 Å². The number of carbonyl (C=O) groups is 1. The molecular weight excluding hydrogens is 259 g/mol. The maximum Gasteiger partial charge on any atom is 0.262 e. The van der Waals surface area contributed by atoms with Gasteiger partial charge in [-0.05, 0) is 30.7 Å². The molecule has 0 saturated carbocycles. The van der Waals surface area contributed by atoms with Crippen LogP contribution in [0.3, 0.4) is 0 Å². The molecule has 1 unspecified atom stereocenters. The van der Waals surface area contributed by atoms with E-state index in [0.717, 1.165) is 10.8 Å². The van der Waals surface area contributed by atoms with Gasteiger partial charge in [-0.25, -0.2) is 0 Å². The molecule has 0 spiro atoms. The van der Waals surface area contributed by atoms with E-state index in [9.17, 15) is 4.79 Å². The Labute approximate surface area is 109 Å². The molecule has 4 heteroatoms. The van der Waals surface area contributed by atoms with Crippen LogP contribution in [0.15, 0.2) is 36.4 Å². The number of carbonyl (C=O) groups excluding carboxylic acids is 1. The molecule has 0 aliphatic carbocycles. The summed E-state index contributed by atoms with van der Waals surface area (Å²) in [5.41, 5.74) is 0. The van der Waals surface area contributed by atoms with Crippen LogP contribution in [0.1, 0.15) is 6.92 Å². The second-order valence-corrected chi connectivity index (χ2v) is 4.44. The molecule has 0 saturated heterocycles. The number of hydrogen-bond acceptors (Lipinski definition) is 2. The second kappa shape index (κ2) is 4.94. The number of ether oxygens (including phenoxy) is 1. The largest absolute Gasteiger partial charge is 0.481 e. The molecule has 17 heavy (non-hydrogen) atoms. The van der Waals surface area contributed by atoms with Gasteiger partial charge in [0.05, 0.1) is 0 Å². The van der Waals surface area contributed by atoms with E-state index < -0.39 is 11.3 Å². The third-order valence-corrected chi connectivity index (χ3v) is 3.09. The van der Waals surface area contributed by atoms with Crippen LogP contribution >= 0.6 is 23.2 Å². The first-order valence-corrected chi connectivity index (χ1v) is 5.88. The summed E-state index contributed by atoms with van der Waals surface area (Å²) in [5.74, 6) is 0.603. The van der Waals surface area contributed by atoms with Gasteiger partial charge in [0, 0.05) is 15.8 Å². The van der Waals surface area contributed by atoms with Crippen LogP contribution in [0.5, 0.6) is 5.75 Å². The predicted octanol–water partition coefficient (Wildman–Crippen LogP) is 4.03. The smallest absolute Gasteiger partial charge is 0.262 e. The Bertz CT molecular complexity index is 566. The average Bonchev–Trinajstić information content (AvgIpc) is 2.33. The van der Waals surface area contributed by atoms with Crippen LogP contribution < -0.4 is 4.74 Å². The lowest BCUT2D eigenvalue weighted by Gasteiger charge is -2.13. The van der Waals surface area contributed by atoms with Crippen molar-refractivity contribution >= 4 is 39.2 Å². The lowest BCUT2D eigenvalue weighted by atomic mass is 10.1. The molecule has 2 rings (SSSR count). The van der Waals surface area contributed by atoms with E-state index in [-0.39, 0.29) is 0 Å². The Kier molecular flexibility index (Phi) is 3.55. The number of halogens is 2. The molecule has 0 heterocycles. The van der Waals surface area contributed by atoms with Crippen molar-refractivity contribution in [3.05, 3.63) is 41.4 Å². The lowest BCUT2D eigenvalue weighted by molar-refractivity contribution is -0.117. The number of benzene rings is 2. The molecule has 2 aromatic rings. The normalized spacial score (nSPS) is 12.4. The molecule has 88 valence electrons. The summed E-state index contributed by atoms with van der Waals surface area (Å²) in [6, 6.07) is 11.1. The van der Waals surface area contributed by atoms with Crippen molar-refractivity contribution in [2.45, 2.75) is 13.0 Å². The standard InChI is InChI=1S/C13H10Cl2O2/c1-8(13(15)16)17-12-7-6-11(14)9-4-2-3-5-10(9)12/h2-8H,1H3. The maximum absolute atomic E-state index is 11.0. The average molecular weight is 269 g/mol. The fourth-order valence-electron chi connectivity index (χ4n) is 1.57. The first-order valence-electron chi connectivity index (χ1n) is 5.13. The van der Waals surface area contributed by atoms with Crippen molar-refractivity contribution in [2.24, 2.45) is 0 Å². The van der Waals surface area contributed by atoms with E-state index in [4.69, 9.17) is 27.9 Å². The molecule has 0 aliphatic rings. The minimum absolute atomic E-state index is 0.524. The molecule has 0 aromatic heterocycles. The van der Waals surface area contributed by atoms with Crippen molar-refractivity contribution in [3.63, 3.8) is 0 Å². The molecule has 2 nitrogen and oxygen atoms in total. The van der Waals surface area contributed by atoms with Crippen LogP contribution in [-0.2, 0) is 4.79 Å². The van der Waals surface area contributed by atoms with Crippen molar-refractivity contribution in [2.75, 3.05) is 0 Å². The molecule has 2 aromatic carbocycles. The summed E-state index contributed by atoms with van der Waals surface area (Å²) in [4.78, 5) is 11.0. The highest BCUT2D eigenvalue weighted by Gasteiger charge is 2.13. The molecule has 0 amide bonds. The van der Waals surface area contributed by atoms with E-state index in [0.29, 0.717) is 10.8 Å². The van der Waals surface area contributed by atoms with E-state index in [2.05, 4.69) is 0 Å². The topological polar surface area (TPSA) is 26.3 Å². The first-order chi connectivity index (χ1) is 8.09. The molecule has 0 fully saturated rings. The summed E-state index contributed by atoms with van der Waals surface area (Å²) < 4.78 is 5.50. The summed E-state index contributed by atoms with van der Waals surface area (Å²) in [7, 11) is 0. The molecule has 0 bridgehead atoms. The van der Waals surface area contributed by atoms with Crippen molar-refractivity contribution in [3.8, 4) is 5.75 Å². The summed E-state index contributed by atoms with van der Waals surface area (Å²) >= 11 is 11.5. The fourth-order valence-corrected chi connectivity index (χ4v) is 1.85. The van der Waals surface area contributed by atoms with Gasteiger partial charge in [0.2, 0.25) is 0 Å². The monoisotopic (exact) mass is 268 g/mol. The summed E-state index contributed by atoms with van der Waals surface area (Å²) in [5, 5.41) is 1.88. The fraction of sp³-hybridized carbons (Fsp3) is 0.154. The highest BCUT2D eigenvalue weighted by atomic mass is 35.5. The SMILES string of the molecule is CC(Oc1ccc(Cl)c2ccccc12)C(=O)Cl. The zero-order valence-corrected chi connectivity index (χ0v) is 10.6. The van der Waals surface area contributed by atoms with Crippen LogP contribution in [0.25, 0.3) is 10.8 Å². The van der Waals surface area contributed by atoms with Gasteiger partial charge < -0.3 is 4.74 Å². The Morgan fingerprint density at radius 2 is 1.82 bits per heavy atom. The van der Waals surface area contributed by atoms with Gasteiger partial charge in [-0.15, -0.1) is 0 Å². The Morgan fingerprint density at radius 3 is 2.47 bits per heavy atom. The zero-order chi connectivity index (χ0) is 12.4. The van der Waals surface area contributed by atoms with Gasteiger partial charge in [0.15, 0.2) is 6.10 Å². The van der Waals surface area contributed by atoms with Crippen LogP contribution in [0, 0.1) is 0 Å². The van der Waals surface area contributed by atoms with Crippen molar-refractivity contribution in [1.29, 1.82) is 0 Å². The number of hydrogen-bond donors (Lipinski definition) is 0. The third kappa shape index (κ3) is 2.54. The predicted molar refractivity (Wildman–Crippen MR) is 69.9 cm³/mol. The number of fused-ring (bicyclic) bond motifs is 1. The van der Waals surface area contributed by atoms with Crippen LogP contribution in [0.4, 0.5) is 0 Å². The quantitative estimate of drug-likeness (QED) is 0.786. The first kappa shape index (κ1) is 12.2. The minimum atomic E-state index is -0.679. The van der Waals surface area contributed by atoms with Gasteiger partial charge in [-0.3, -0.25) is 4.79 Å². The summed E-state index contributed by atoms with van der Waals surface area (Å²) in [6.07, 6.45) is -0.679. The Balaban J connectivity index is 2.48.